The third kappa shape index (κ3) is 2.68. The number of aromatic nitrogens is 3. The number of carbonyl (C=O) groups excluding carboxylic acids is 1. The fourth-order valence-electron chi connectivity index (χ4n) is 1.69. The molecule has 2 heterocycles. The number of hydrogen-bond donors (Lipinski definition) is 2. The van der Waals surface area contributed by atoms with E-state index < -0.39 is 5.97 Å². The second-order valence-electron chi connectivity index (χ2n) is 3.87. The summed E-state index contributed by atoms with van der Waals surface area (Å²) in [6.07, 6.45) is 0. The molecule has 0 saturated heterocycles. The van der Waals surface area contributed by atoms with Gasteiger partial charge in [0.15, 0.2) is 5.69 Å². The number of aryl methyl sites for hydroxylation is 1. The molecule has 102 valence electrons. The first-order chi connectivity index (χ1) is 9.02. The number of rotatable bonds is 4. The lowest BCUT2D eigenvalue weighted by atomic mass is 10.4. The van der Waals surface area contributed by atoms with Crippen LogP contribution in [0.4, 0.5) is 5.82 Å². The number of nitrogens with one attached hydrogen (secondary N) is 1. The molecule has 0 unspecified atom stereocenters. The van der Waals surface area contributed by atoms with Gasteiger partial charge in [0.1, 0.15) is 11.6 Å². The Morgan fingerprint density at radius 2 is 2.37 bits per heavy atom. The molecule has 0 amide bonds. The average Bonchev–Trinajstić information content (AvgIpc) is 2.88. The van der Waals surface area contributed by atoms with Crippen molar-refractivity contribution in [2.45, 2.75) is 20.4 Å². The zero-order valence-electron chi connectivity index (χ0n) is 10.6. The van der Waals surface area contributed by atoms with Crippen molar-refractivity contribution in [3.8, 4) is 0 Å². The van der Waals surface area contributed by atoms with Crippen molar-refractivity contribution in [1.29, 1.82) is 0 Å². The van der Waals surface area contributed by atoms with Gasteiger partial charge in [-0.2, -0.15) is 0 Å². The summed E-state index contributed by atoms with van der Waals surface area (Å²) in [5, 5.41) is 1.71. The van der Waals surface area contributed by atoms with Crippen molar-refractivity contribution < 1.29 is 9.53 Å². The van der Waals surface area contributed by atoms with Gasteiger partial charge in [-0.05, 0) is 13.8 Å². The summed E-state index contributed by atoms with van der Waals surface area (Å²) in [6, 6.07) is 0. The van der Waals surface area contributed by atoms with E-state index >= 15 is 0 Å². The maximum absolute atomic E-state index is 11.7. The number of carbonyl (C=O) groups is 1. The number of imidazole rings is 1. The standard InChI is InChI=1S/C11H14N4O3S/c1-3-18-10(16)8-9(12)15(6(2)13-8)4-7-5-19-11(17)14-7/h5H,3-4,12H2,1-2H3,(H,14,17). The zero-order valence-corrected chi connectivity index (χ0v) is 11.4. The van der Waals surface area contributed by atoms with Crippen LogP contribution in [0.1, 0.15) is 28.9 Å². The van der Waals surface area contributed by atoms with Crippen LogP contribution in [0.2, 0.25) is 0 Å². The number of nitrogens with zero attached hydrogens (tertiary/aromatic N) is 2. The number of nitrogens with two attached hydrogens (primary N) is 1. The number of nitrogen functional groups attached to an aromatic ring is 1. The van der Waals surface area contributed by atoms with E-state index in [1.807, 2.05) is 0 Å². The van der Waals surface area contributed by atoms with E-state index in [2.05, 4.69) is 9.97 Å². The second-order valence-corrected chi connectivity index (χ2v) is 4.72. The molecule has 0 radical (unpaired) electrons. The van der Waals surface area contributed by atoms with Crippen molar-refractivity contribution in [2.24, 2.45) is 0 Å². The highest BCUT2D eigenvalue weighted by Gasteiger charge is 2.19. The largest absolute Gasteiger partial charge is 0.461 e. The Balaban J connectivity index is 2.31. The van der Waals surface area contributed by atoms with E-state index in [9.17, 15) is 9.59 Å². The van der Waals surface area contributed by atoms with Crippen molar-refractivity contribution >= 4 is 23.1 Å². The fourth-order valence-corrected chi connectivity index (χ4v) is 2.27. The molecule has 8 heteroatoms. The number of esters is 1. The number of ether oxygens (including phenoxy) is 1. The molecule has 2 aromatic rings. The molecule has 2 rings (SSSR count). The molecule has 0 atom stereocenters. The van der Waals surface area contributed by atoms with Gasteiger partial charge in [0, 0.05) is 11.1 Å². The minimum Gasteiger partial charge on any atom is -0.461 e. The molecule has 0 aromatic carbocycles. The highest BCUT2D eigenvalue weighted by atomic mass is 32.1. The molecule has 0 aliphatic carbocycles. The zero-order chi connectivity index (χ0) is 14.0. The molecule has 3 N–H and O–H groups in total. The molecule has 0 saturated carbocycles. The normalized spacial score (nSPS) is 10.6. The van der Waals surface area contributed by atoms with Crippen LogP contribution >= 0.6 is 11.3 Å². The third-order valence-electron chi connectivity index (χ3n) is 2.57. The maximum atomic E-state index is 11.7. The van der Waals surface area contributed by atoms with Gasteiger partial charge >= 0.3 is 10.8 Å². The smallest absolute Gasteiger partial charge is 0.360 e. The predicted octanol–water partition coefficient (Wildman–Crippen LogP) is 0.749. The number of thiazole rings is 1. The molecule has 0 bridgehead atoms. The summed E-state index contributed by atoms with van der Waals surface area (Å²) in [6.45, 7) is 4.09. The summed E-state index contributed by atoms with van der Waals surface area (Å²) < 4.78 is 6.54. The topological polar surface area (TPSA) is 103 Å². The lowest BCUT2D eigenvalue weighted by molar-refractivity contribution is 0.0521. The molecule has 19 heavy (non-hydrogen) atoms. The van der Waals surface area contributed by atoms with Crippen LogP contribution in [0.25, 0.3) is 0 Å². The minimum atomic E-state index is -0.541. The van der Waals surface area contributed by atoms with E-state index in [0.717, 1.165) is 17.0 Å². The highest BCUT2D eigenvalue weighted by molar-refractivity contribution is 7.07. The summed E-state index contributed by atoms with van der Waals surface area (Å²) in [5.74, 6) is 0.288. The second kappa shape index (κ2) is 5.27. The number of hydrogen-bond acceptors (Lipinski definition) is 6. The molecule has 7 nitrogen and oxygen atoms in total. The molecule has 0 fully saturated rings. The van der Waals surface area contributed by atoms with Gasteiger partial charge in [-0.15, -0.1) is 0 Å². The molecule has 2 aromatic heterocycles. The van der Waals surface area contributed by atoms with Crippen molar-refractivity contribution in [1.82, 2.24) is 14.5 Å². The van der Waals surface area contributed by atoms with Crippen molar-refractivity contribution in [2.75, 3.05) is 12.3 Å². The van der Waals surface area contributed by atoms with Gasteiger partial charge in [0.25, 0.3) is 0 Å². The number of H-pyrrole nitrogens is 1. The number of aromatic amines is 1. The molecular weight excluding hydrogens is 268 g/mol. The van der Waals surface area contributed by atoms with Crippen LogP contribution < -0.4 is 10.6 Å². The van der Waals surface area contributed by atoms with Gasteiger partial charge in [-0.25, -0.2) is 9.78 Å². The highest BCUT2D eigenvalue weighted by Crippen LogP contribution is 2.17. The van der Waals surface area contributed by atoms with Crippen LogP contribution in [0, 0.1) is 6.92 Å². The Labute approximate surface area is 113 Å². The summed E-state index contributed by atoms with van der Waals surface area (Å²) >= 11 is 1.08. The van der Waals surface area contributed by atoms with Crippen molar-refractivity contribution in [3.05, 3.63) is 32.3 Å². The Hall–Kier alpha value is -2.09. The van der Waals surface area contributed by atoms with E-state index in [4.69, 9.17) is 10.5 Å². The third-order valence-corrected chi connectivity index (χ3v) is 3.28. The van der Waals surface area contributed by atoms with Crippen LogP contribution in [-0.2, 0) is 11.3 Å². The van der Waals surface area contributed by atoms with Gasteiger partial charge < -0.3 is 20.0 Å². The Kier molecular flexibility index (Phi) is 3.70. The van der Waals surface area contributed by atoms with E-state index in [1.165, 1.54) is 0 Å². The molecule has 0 spiro atoms. The van der Waals surface area contributed by atoms with Crippen LogP contribution in [0.15, 0.2) is 10.2 Å². The molecule has 0 aliphatic rings. The first kappa shape index (κ1) is 13.3. The fraction of sp³-hybridized carbons (Fsp3) is 0.364. The summed E-state index contributed by atoms with van der Waals surface area (Å²) in [4.78, 5) is 29.4. The van der Waals surface area contributed by atoms with E-state index in [1.54, 1.807) is 23.8 Å². The quantitative estimate of drug-likeness (QED) is 0.805. The van der Waals surface area contributed by atoms with Gasteiger partial charge in [0.05, 0.1) is 13.2 Å². The molecule has 0 aliphatic heterocycles. The maximum Gasteiger partial charge on any atom is 0.360 e. The first-order valence-electron chi connectivity index (χ1n) is 5.69. The number of anilines is 1. The van der Waals surface area contributed by atoms with Crippen LogP contribution in [-0.4, -0.2) is 27.1 Å². The SMILES string of the molecule is CCOC(=O)c1nc(C)n(Cc2csc(=O)[nH]2)c1N. The Bertz CT molecular complexity index is 655. The van der Waals surface area contributed by atoms with Gasteiger partial charge in [-0.1, -0.05) is 11.3 Å². The lowest BCUT2D eigenvalue weighted by Gasteiger charge is -2.05. The van der Waals surface area contributed by atoms with E-state index in [0.29, 0.717) is 12.4 Å². The first-order valence-corrected chi connectivity index (χ1v) is 6.57. The monoisotopic (exact) mass is 282 g/mol. The summed E-state index contributed by atoms with van der Waals surface area (Å²) in [5.41, 5.74) is 6.73. The lowest BCUT2D eigenvalue weighted by Crippen LogP contribution is -2.11. The van der Waals surface area contributed by atoms with Crippen LogP contribution in [0.3, 0.4) is 0 Å². The Morgan fingerprint density at radius 1 is 1.63 bits per heavy atom. The summed E-state index contributed by atoms with van der Waals surface area (Å²) in [7, 11) is 0. The van der Waals surface area contributed by atoms with Crippen molar-refractivity contribution in [3.63, 3.8) is 0 Å². The predicted molar refractivity (Wildman–Crippen MR) is 71.4 cm³/mol. The van der Waals surface area contributed by atoms with E-state index in [-0.39, 0.29) is 23.0 Å². The van der Waals surface area contributed by atoms with Gasteiger partial charge in [0.2, 0.25) is 0 Å². The minimum absolute atomic E-state index is 0.108. The molecular formula is C11H14N4O3S. The Morgan fingerprint density at radius 3 is 2.95 bits per heavy atom. The average molecular weight is 282 g/mol. The van der Waals surface area contributed by atoms with Gasteiger partial charge in [-0.3, -0.25) is 4.79 Å². The van der Waals surface area contributed by atoms with Crippen LogP contribution in [0.5, 0.6) is 0 Å².